The number of phenols is 1. The molecule has 0 aliphatic heterocycles. The molecule has 0 saturated heterocycles. The van der Waals surface area contributed by atoms with E-state index in [4.69, 9.17) is 4.42 Å². The Morgan fingerprint density at radius 1 is 1.24 bits per heavy atom. The fourth-order valence-electron chi connectivity index (χ4n) is 2.65. The van der Waals surface area contributed by atoms with Crippen LogP contribution in [0.1, 0.15) is 37.2 Å². The van der Waals surface area contributed by atoms with Gasteiger partial charge in [0.2, 0.25) is 0 Å². The first-order chi connectivity index (χ1) is 8.25. The van der Waals surface area contributed by atoms with Crippen LogP contribution in [-0.2, 0) is 0 Å². The van der Waals surface area contributed by atoms with Crippen molar-refractivity contribution in [2.24, 2.45) is 0 Å². The van der Waals surface area contributed by atoms with Crippen LogP contribution in [0.5, 0.6) is 5.75 Å². The number of rotatable bonds is 1. The second kappa shape index (κ2) is 3.91. The Balaban J connectivity index is 2.21. The SMILES string of the molecule is O=c1c(C2CCCC2)coc2ccc(O)cc12. The van der Waals surface area contributed by atoms with Gasteiger partial charge in [0, 0.05) is 5.56 Å². The molecule has 1 aliphatic rings. The zero-order valence-corrected chi connectivity index (χ0v) is 9.48. The van der Waals surface area contributed by atoms with E-state index in [-0.39, 0.29) is 11.2 Å². The van der Waals surface area contributed by atoms with Crippen LogP contribution < -0.4 is 5.43 Å². The van der Waals surface area contributed by atoms with E-state index in [9.17, 15) is 9.90 Å². The topological polar surface area (TPSA) is 50.4 Å². The van der Waals surface area contributed by atoms with Gasteiger partial charge in [0.15, 0.2) is 5.43 Å². The zero-order chi connectivity index (χ0) is 11.8. The maximum atomic E-state index is 12.3. The van der Waals surface area contributed by atoms with Crippen molar-refractivity contribution in [1.82, 2.24) is 0 Å². The number of fused-ring (bicyclic) bond motifs is 1. The van der Waals surface area contributed by atoms with E-state index in [0.717, 1.165) is 18.4 Å². The molecule has 0 bridgehead atoms. The fourth-order valence-corrected chi connectivity index (χ4v) is 2.65. The van der Waals surface area contributed by atoms with Crippen molar-refractivity contribution in [3.63, 3.8) is 0 Å². The van der Waals surface area contributed by atoms with Gasteiger partial charge >= 0.3 is 0 Å². The summed E-state index contributed by atoms with van der Waals surface area (Å²) < 4.78 is 5.48. The van der Waals surface area contributed by atoms with Crippen LogP contribution in [0.4, 0.5) is 0 Å². The van der Waals surface area contributed by atoms with Crippen molar-refractivity contribution >= 4 is 11.0 Å². The largest absolute Gasteiger partial charge is 0.508 e. The van der Waals surface area contributed by atoms with Crippen molar-refractivity contribution < 1.29 is 9.52 Å². The number of hydrogen-bond donors (Lipinski definition) is 1. The van der Waals surface area contributed by atoms with Gasteiger partial charge in [-0.3, -0.25) is 4.79 Å². The van der Waals surface area contributed by atoms with E-state index in [1.165, 1.54) is 25.0 Å². The summed E-state index contributed by atoms with van der Waals surface area (Å²) >= 11 is 0. The molecule has 3 nitrogen and oxygen atoms in total. The van der Waals surface area contributed by atoms with E-state index >= 15 is 0 Å². The van der Waals surface area contributed by atoms with Crippen LogP contribution >= 0.6 is 0 Å². The minimum absolute atomic E-state index is 0.00838. The van der Waals surface area contributed by atoms with Crippen molar-refractivity contribution in [3.8, 4) is 5.75 Å². The molecule has 1 aliphatic carbocycles. The first kappa shape index (κ1) is 10.4. The molecule has 17 heavy (non-hydrogen) atoms. The highest BCUT2D eigenvalue weighted by atomic mass is 16.3. The Bertz CT molecular complexity index is 606. The van der Waals surface area contributed by atoms with Gasteiger partial charge in [0.25, 0.3) is 0 Å². The molecule has 3 rings (SSSR count). The van der Waals surface area contributed by atoms with Gasteiger partial charge < -0.3 is 9.52 Å². The lowest BCUT2D eigenvalue weighted by Crippen LogP contribution is -2.11. The molecule has 1 N–H and O–H groups in total. The molecule has 0 amide bonds. The van der Waals surface area contributed by atoms with Crippen LogP contribution in [0.15, 0.2) is 33.7 Å². The van der Waals surface area contributed by atoms with Crippen LogP contribution in [0.3, 0.4) is 0 Å². The Hall–Kier alpha value is -1.77. The predicted molar refractivity (Wildman–Crippen MR) is 65.4 cm³/mol. The fraction of sp³-hybridized carbons (Fsp3) is 0.357. The molecular formula is C14H14O3. The molecule has 0 unspecified atom stereocenters. The summed E-state index contributed by atoms with van der Waals surface area (Å²) in [5, 5.41) is 9.91. The molecule has 2 aromatic rings. The summed E-state index contributed by atoms with van der Waals surface area (Å²) in [6.07, 6.45) is 6.09. The van der Waals surface area contributed by atoms with Crippen LogP contribution in [0.2, 0.25) is 0 Å². The van der Waals surface area contributed by atoms with Crippen molar-refractivity contribution in [1.29, 1.82) is 0 Å². The van der Waals surface area contributed by atoms with E-state index in [1.54, 1.807) is 12.3 Å². The maximum Gasteiger partial charge on any atom is 0.196 e. The molecule has 1 aromatic carbocycles. The van der Waals surface area contributed by atoms with E-state index in [1.807, 2.05) is 0 Å². The quantitative estimate of drug-likeness (QED) is 0.818. The Labute approximate surface area is 98.7 Å². The van der Waals surface area contributed by atoms with E-state index in [2.05, 4.69) is 0 Å². The molecule has 3 heteroatoms. The van der Waals surface area contributed by atoms with Crippen molar-refractivity contribution in [3.05, 3.63) is 40.2 Å². The van der Waals surface area contributed by atoms with Gasteiger partial charge in [-0.2, -0.15) is 0 Å². The lowest BCUT2D eigenvalue weighted by Gasteiger charge is -2.08. The van der Waals surface area contributed by atoms with Gasteiger partial charge in [-0.1, -0.05) is 12.8 Å². The number of benzene rings is 1. The molecular weight excluding hydrogens is 216 g/mol. The molecule has 1 aromatic heterocycles. The third-order valence-electron chi connectivity index (χ3n) is 3.58. The minimum Gasteiger partial charge on any atom is -0.508 e. The highest BCUT2D eigenvalue weighted by Crippen LogP contribution is 2.33. The van der Waals surface area contributed by atoms with Crippen LogP contribution in [0, 0.1) is 0 Å². The van der Waals surface area contributed by atoms with Crippen molar-refractivity contribution in [2.45, 2.75) is 31.6 Å². The first-order valence-corrected chi connectivity index (χ1v) is 6.00. The highest BCUT2D eigenvalue weighted by molar-refractivity contribution is 5.78. The molecule has 0 atom stereocenters. The number of hydrogen-bond acceptors (Lipinski definition) is 3. The third-order valence-corrected chi connectivity index (χ3v) is 3.58. The monoisotopic (exact) mass is 230 g/mol. The smallest absolute Gasteiger partial charge is 0.196 e. The predicted octanol–water partition coefficient (Wildman–Crippen LogP) is 3.16. The normalized spacial score (nSPS) is 16.7. The van der Waals surface area contributed by atoms with Gasteiger partial charge in [-0.25, -0.2) is 0 Å². The highest BCUT2D eigenvalue weighted by Gasteiger charge is 2.21. The Morgan fingerprint density at radius 3 is 2.76 bits per heavy atom. The second-order valence-corrected chi connectivity index (χ2v) is 4.68. The van der Waals surface area contributed by atoms with Crippen molar-refractivity contribution in [2.75, 3.05) is 0 Å². The van der Waals surface area contributed by atoms with Crippen LogP contribution in [0.25, 0.3) is 11.0 Å². The summed E-state index contributed by atoms with van der Waals surface area (Å²) in [4.78, 5) is 12.3. The lowest BCUT2D eigenvalue weighted by atomic mass is 9.98. The average molecular weight is 230 g/mol. The van der Waals surface area contributed by atoms with Gasteiger partial charge in [0.1, 0.15) is 11.3 Å². The summed E-state index contributed by atoms with van der Waals surface area (Å²) in [5.74, 6) is 0.436. The molecule has 0 radical (unpaired) electrons. The van der Waals surface area contributed by atoms with E-state index in [0.29, 0.717) is 16.9 Å². The minimum atomic E-state index is 0.00838. The summed E-state index contributed by atoms with van der Waals surface area (Å²) in [7, 11) is 0. The molecule has 0 spiro atoms. The third kappa shape index (κ3) is 1.71. The summed E-state index contributed by atoms with van der Waals surface area (Å²) in [6.45, 7) is 0. The maximum absolute atomic E-state index is 12.3. The Kier molecular flexibility index (Phi) is 2.39. The summed E-state index contributed by atoms with van der Waals surface area (Å²) in [5.41, 5.74) is 1.31. The standard InChI is InChI=1S/C14H14O3/c15-10-5-6-13-11(7-10)14(16)12(8-17-13)9-3-1-2-4-9/h5-9,15H,1-4H2. The van der Waals surface area contributed by atoms with Crippen LogP contribution in [-0.4, -0.2) is 5.11 Å². The second-order valence-electron chi connectivity index (χ2n) is 4.68. The molecule has 1 saturated carbocycles. The average Bonchev–Trinajstić information content (AvgIpc) is 2.84. The van der Waals surface area contributed by atoms with Gasteiger partial charge in [-0.15, -0.1) is 0 Å². The van der Waals surface area contributed by atoms with Gasteiger partial charge in [0.05, 0.1) is 11.6 Å². The number of phenolic OH excluding ortho intramolecular Hbond substituents is 1. The van der Waals surface area contributed by atoms with E-state index < -0.39 is 0 Å². The van der Waals surface area contributed by atoms with Gasteiger partial charge in [-0.05, 0) is 37.0 Å². The lowest BCUT2D eigenvalue weighted by molar-refractivity contribution is 0.475. The molecule has 1 fully saturated rings. The number of aromatic hydroxyl groups is 1. The molecule has 88 valence electrons. The molecule has 1 heterocycles. The summed E-state index contributed by atoms with van der Waals surface area (Å²) in [6, 6.07) is 4.64. The Morgan fingerprint density at radius 2 is 2.00 bits per heavy atom. The first-order valence-electron chi connectivity index (χ1n) is 6.00. The zero-order valence-electron chi connectivity index (χ0n) is 9.48.